The summed E-state index contributed by atoms with van der Waals surface area (Å²) in [5.74, 6) is -3.57. The summed E-state index contributed by atoms with van der Waals surface area (Å²) >= 11 is 0. The molecule has 0 unspecified atom stereocenters. The van der Waals surface area contributed by atoms with Crippen LogP contribution in [0.3, 0.4) is 0 Å². The Morgan fingerprint density at radius 3 is 2.29 bits per heavy atom. The Bertz CT molecular complexity index is 544. The molecule has 0 radical (unpaired) electrons. The van der Waals surface area contributed by atoms with Crippen LogP contribution in [-0.2, 0) is 14.4 Å². The lowest BCUT2D eigenvalue weighted by Gasteiger charge is -2.15. The molecule has 0 aliphatic rings. The van der Waals surface area contributed by atoms with Crippen molar-refractivity contribution in [2.75, 3.05) is 6.54 Å². The molecule has 0 saturated carbocycles. The van der Waals surface area contributed by atoms with E-state index in [1.807, 2.05) is 5.32 Å². The topological polar surface area (TPSA) is 139 Å². The van der Waals surface area contributed by atoms with E-state index >= 15 is 0 Å². The lowest BCUT2D eigenvalue weighted by Crippen LogP contribution is -2.50. The first-order chi connectivity index (χ1) is 9.93. The van der Waals surface area contributed by atoms with Gasteiger partial charge in [-0.05, 0) is 12.1 Å². The molecule has 8 heteroatoms. The molecule has 5 N–H and O–H groups in total. The average molecular weight is 293 g/mol. The molecule has 21 heavy (non-hydrogen) atoms. The fourth-order valence-electron chi connectivity index (χ4n) is 1.50. The van der Waals surface area contributed by atoms with Crippen LogP contribution in [0.5, 0.6) is 0 Å². The Kier molecular flexibility index (Phi) is 6.02. The lowest BCUT2D eigenvalue weighted by molar-refractivity contribution is -0.140. The number of aliphatic carboxylic acids is 1. The van der Waals surface area contributed by atoms with Gasteiger partial charge in [-0.2, -0.15) is 0 Å². The van der Waals surface area contributed by atoms with Crippen LogP contribution in [0.4, 0.5) is 0 Å². The van der Waals surface area contributed by atoms with Crippen molar-refractivity contribution >= 4 is 23.7 Å². The van der Waals surface area contributed by atoms with E-state index in [4.69, 9.17) is 10.8 Å². The van der Waals surface area contributed by atoms with E-state index in [-0.39, 0.29) is 5.56 Å². The van der Waals surface area contributed by atoms with Gasteiger partial charge in [0.15, 0.2) is 0 Å². The molecule has 0 aliphatic heterocycles. The number of imide groups is 1. The molecule has 0 aliphatic carbocycles. The van der Waals surface area contributed by atoms with Gasteiger partial charge in [-0.15, -0.1) is 0 Å². The molecule has 1 rings (SSSR count). The van der Waals surface area contributed by atoms with Gasteiger partial charge in [0.05, 0.1) is 13.0 Å². The second kappa shape index (κ2) is 7.75. The van der Waals surface area contributed by atoms with Crippen molar-refractivity contribution in [3.8, 4) is 0 Å². The van der Waals surface area contributed by atoms with Crippen molar-refractivity contribution in [3.05, 3.63) is 35.9 Å². The average Bonchev–Trinajstić information content (AvgIpc) is 2.46. The Morgan fingerprint density at radius 1 is 1.14 bits per heavy atom. The highest BCUT2D eigenvalue weighted by Crippen LogP contribution is 1.99. The van der Waals surface area contributed by atoms with E-state index in [1.165, 1.54) is 12.1 Å². The van der Waals surface area contributed by atoms with E-state index in [2.05, 4.69) is 5.32 Å². The van der Waals surface area contributed by atoms with Gasteiger partial charge in [0.25, 0.3) is 5.91 Å². The first-order valence-electron chi connectivity index (χ1n) is 6.05. The summed E-state index contributed by atoms with van der Waals surface area (Å²) in [6.45, 7) is -0.393. The van der Waals surface area contributed by atoms with Crippen LogP contribution in [0.25, 0.3) is 0 Å². The number of amides is 3. The number of rotatable bonds is 6. The van der Waals surface area contributed by atoms with Crippen molar-refractivity contribution in [3.63, 3.8) is 0 Å². The first-order valence-corrected chi connectivity index (χ1v) is 6.05. The zero-order valence-corrected chi connectivity index (χ0v) is 11.0. The largest absolute Gasteiger partial charge is 0.481 e. The van der Waals surface area contributed by atoms with Crippen LogP contribution in [0.15, 0.2) is 30.3 Å². The van der Waals surface area contributed by atoms with E-state index in [9.17, 15) is 19.2 Å². The maximum atomic E-state index is 11.9. The normalized spacial score (nSPS) is 11.3. The highest BCUT2D eigenvalue weighted by atomic mass is 16.4. The molecule has 0 spiro atoms. The van der Waals surface area contributed by atoms with Crippen molar-refractivity contribution in [1.29, 1.82) is 0 Å². The monoisotopic (exact) mass is 293 g/mol. The highest BCUT2D eigenvalue weighted by molar-refractivity contribution is 6.07. The van der Waals surface area contributed by atoms with Crippen LogP contribution >= 0.6 is 0 Å². The predicted molar refractivity (Wildman–Crippen MR) is 72.2 cm³/mol. The zero-order valence-electron chi connectivity index (χ0n) is 11.0. The van der Waals surface area contributed by atoms with Gasteiger partial charge in [-0.3, -0.25) is 24.5 Å². The van der Waals surface area contributed by atoms with Crippen LogP contribution in [0, 0.1) is 0 Å². The first kappa shape index (κ1) is 16.3. The van der Waals surface area contributed by atoms with Crippen molar-refractivity contribution in [1.82, 2.24) is 10.6 Å². The molecule has 0 saturated heterocycles. The van der Waals surface area contributed by atoms with Gasteiger partial charge in [0.1, 0.15) is 6.04 Å². The molecule has 0 fully saturated rings. The van der Waals surface area contributed by atoms with Gasteiger partial charge < -0.3 is 16.2 Å². The van der Waals surface area contributed by atoms with E-state index < -0.39 is 42.7 Å². The number of hydrogen-bond acceptors (Lipinski definition) is 5. The van der Waals surface area contributed by atoms with Crippen LogP contribution in [0.1, 0.15) is 16.8 Å². The Morgan fingerprint density at radius 2 is 1.76 bits per heavy atom. The number of benzene rings is 1. The minimum absolute atomic E-state index is 0.241. The van der Waals surface area contributed by atoms with Crippen molar-refractivity contribution in [2.45, 2.75) is 12.5 Å². The highest BCUT2D eigenvalue weighted by Gasteiger charge is 2.25. The smallest absolute Gasteiger partial charge is 0.305 e. The predicted octanol–water partition coefficient (Wildman–Crippen LogP) is -1.14. The van der Waals surface area contributed by atoms with E-state index in [0.29, 0.717) is 0 Å². The molecule has 1 atom stereocenters. The number of nitrogens with two attached hydrogens (primary N) is 1. The summed E-state index contributed by atoms with van der Waals surface area (Å²) in [7, 11) is 0. The van der Waals surface area contributed by atoms with E-state index in [0.717, 1.165) is 0 Å². The lowest BCUT2D eigenvalue weighted by atomic mass is 10.1. The summed E-state index contributed by atoms with van der Waals surface area (Å²) in [6.07, 6.45) is -0.653. The maximum Gasteiger partial charge on any atom is 0.305 e. The minimum atomic E-state index is -1.37. The fourth-order valence-corrected chi connectivity index (χ4v) is 1.50. The van der Waals surface area contributed by atoms with Gasteiger partial charge >= 0.3 is 5.97 Å². The minimum Gasteiger partial charge on any atom is -0.481 e. The molecule has 8 nitrogen and oxygen atoms in total. The Hall–Kier alpha value is -2.74. The van der Waals surface area contributed by atoms with Crippen LogP contribution in [0.2, 0.25) is 0 Å². The number of hydrogen-bond donors (Lipinski definition) is 4. The van der Waals surface area contributed by atoms with Crippen LogP contribution < -0.4 is 16.4 Å². The van der Waals surface area contributed by atoms with Gasteiger partial charge in [0, 0.05) is 5.56 Å². The third-order valence-corrected chi connectivity index (χ3v) is 2.49. The zero-order chi connectivity index (χ0) is 15.8. The molecule has 112 valence electrons. The van der Waals surface area contributed by atoms with Crippen molar-refractivity contribution in [2.24, 2.45) is 5.73 Å². The summed E-state index contributed by atoms with van der Waals surface area (Å²) in [5.41, 5.74) is 5.33. The Labute approximate surface area is 120 Å². The third-order valence-electron chi connectivity index (χ3n) is 2.49. The second-order valence-electron chi connectivity index (χ2n) is 4.11. The molecule has 0 bridgehead atoms. The number of carbonyl (C=O) groups is 4. The molecule has 0 aromatic heterocycles. The number of carboxylic acid groups (broad SMARTS) is 1. The van der Waals surface area contributed by atoms with E-state index in [1.54, 1.807) is 18.2 Å². The molecule has 1 aromatic carbocycles. The third kappa shape index (κ3) is 5.41. The fraction of sp³-hybridized carbons (Fsp3) is 0.231. The Balaban J connectivity index is 2.73. The summed E-state index contributed by atoms with van der Waals surface area (Å²) < 4.78 is 0. The SMILES string of the molecule is NCC(=O)N[C@@H](CC(=O)O)C(=O)NC(=O)c1ccccc1. The molecular weight excluding hydrogens is 278 g/mol. The molecule has 0 heterocycles. The number of nitrogens with one attached hydrogen (secondary N) is 2. The summed E-state index contributed by atoms with van der Waals surface area (Å²) in [4.78, 5) is 45.5. The quantitative estimate of drug-likeness (QED) is 0.523. The molecule has 3 amide bonds. The van der Waals surface area contributed by atoms with Gasteiger partial charge in [0.2, 0.25) is 11.8 Å². The maximum absolute atomic E-state index is 11.9. The van der Waals surface area contributed by atoms with Gasteiger partial charge in [-0.1, -0.05) is 18.2 Å². The number of carboxylic acids is 1. The van der Waals surface area contributed by atoms with Crippen molar-refractivity contribution < 1.29 is 24.3 Å². The molecular formula is C13H15N3O5. The standard InChI is InChI=1S/C13H15N3O5/c14-7-10(17)15-9(6-11(18)19)13(21)16-12(20)8-4-2-1-3-5-8/h1-5,9H,6-7,14H2,(H,15,17)(H,18,19)(H,16,20,21)/t9-/m0/s1. The number of carbonyl (C=O) groups excluding carboxylic acids is 3. The van der Waals surface area contributed by atoms with Gasteiger partial charge in [-0.25, -0.2) is 0 Å². The molecule has 1 aromatic rings. The summed E-state index contributed by atoms with van der Waals surface area (Å²) in [6, 6.07) is 6.55. The summed E-state index contributed by atoms with van der Waals surface area (Å²) in [5, 5.41) is 12.9. The van der Waals surface area contributed by atoms with Crippen LogP contribution in [-0.4, -0.2) is 41.4 Å². The second-order valence-corrected chi connectivity index (χ2v) is 4.11.